The monoisotopic (exact) mass is 347 g/mol. The molecule has 0 spiro atoms. The predicted molar refractivity (Wildman–Crippen MR) is 91.3 cm³/mol. The van der Waals surface area contributed by atoms with Crippen LogP contribution in [0.2, 0.25) is 0 Å². The number of rotatable bonds is 2. The number of hydrogen-bond acceptors (Lipinski definition) is 4. The number of likely N-dealkylation sites (tertiary alicyclic amines) is 1. The van der Waals surface area contributed by atoms with Gasteiger partial charge in [-0.15, -0.1) is 0 Å². The van der Waals surface area contributed by atoms with Crippen molar-refractivity contribution in [1.82, 2.24) is 4.90 Å². The summed E-state index contributed by atoms with van der Waals surface area (Å²) < 4.78 is 16.3. The average Bonchev–Trinajstić information content (AvgIpc) is 2.54. The fraction of sp³-hybridized carbons (Fsp3) is 0.353. The van der Waals surface area contributed by atoms with Crippen LogP contribution < -0.4 is 10.9 Å². The van der Waals surface area contributed by atoms with Crippen LogP contribution >= 0.6 is 7.60 Å². The highest BCUT2D eigenvalue weighted by Gasteiger charge is 2.23. The highest BCUT2D eigenvalue weighted by molar-refractivity contribution is 7.60. The molecular weight excluding hydrogens is 329 g/mol. The summed E-state index contributed by atoms with van der Waals surface area (Å²) in [5, 5.41) is -0.173. The molecule has 1 fully saturated rings. The number of fused-ring (bicyclic) bond motifs is 1. The molecule has 2 aromatic rings. The Morgan fingerprint density at radius 1 is 1.17 bits per heavy atom. The summed E-state index contributed by atoms with van der Waals surface area (Å²) in [6.45, 7) is 2.86. The normalized spacial score (nSPS) is 15.9. The van der Waals surface area contributed by atoms with Crippen LogP contribution in [0.15, 0.2) is 33.5 Å². The zero-order valence-corrected chi connectivity index (χ0v) is 14.0. The van der Waals surface area contributed by atoms with Crippen molar-refractivity contribution in [2.75, 3.05) is 19.6 Å². The number of hydrogen-bond donors (Lipinski definition) is 2. The molecule has 1 saturated heterocycles. The van der Waals surface area contributed by atoms with E-state index < -0.39 is 18.5 Å². The lowest BCUT2D eigenvalue weighted by Gasteiger charge is -2.23. The van der Waals surface area contributed by atoms with Crippen LogP contribution in [-0.2, 0) is 4.57 Å². The SMILES string of the molecule is O=c1oc2cc(C#CCN3CCCCC3)ccc2cc1P(=O)(O)O. The van der Waals surface area contributed by atoms with Crippen LogP contribution in [0.25, 0.3) is 11.0 Å². The van der Waals surface area contributed by atoms with E-state index in [0.29, 0.717) is 17.5 Å². The zero-order valence-electron chi connectivity index (χ0n) is 13.1. The lowest BCUT2D eigenvalue weighted by molar-refractivity contribution is 0.255. The molecule has 1 aliphatic heterocycles. The summed E-state index contributed by atoms with van der Waals surface area (Å²) in [5.74, 6) is 6.16. The molecule has 126 valence electrons. The minimum absolute atomic E-state index is 0.266. The molecule has 24 heavy (non-hydrogen) atoms. The van der Waals surface area contributed by atoms with E-state index in [1.807, 2.05) is 0 Å². The van der Waals surface area contributed by atoms with Crippen LogP contribution in [0, 0.1) is 11.8 Å². The molecule has 0 bridgehead atoms. The first-order valence-electron chi connectivity index (χ1n) is 7.79. The molecule has 2 N–H and O–H groups in total. The van der Waals surface area contributed by atoms with Gasteiger partial charge in [-0.3, -0.25) is 9.46 Å². The highest BCUT2D eigenvalue weighted by atomic mass is 31.2. The summed E-state index contributed by atoms with van der Waals surface area (Å²) in [7, 11) is -4.65. The molecule has 1 aliphatic rings. The minimum atomic E-state index is -4.65. The Labute approximate surface area is 139 Å². The summed E-state index contributed by atoms with van der Waals surface area (Å²) in [6.07, 6.45) is 3.71. The van der Waals surface area contributed by atoms with Crippen LogP contribution in [0.4, 0.5) is 0 Å². The quantitative estimate of drug-likeness (QED) is 0.485. The molecule has 1 aromatic heterocycles. The molecule has 2 heterocycles. The maximum Gasteiger partial charge on any atom is 0.363 e. The molecule has 3 rings (SSSR count). The van der Waals surface area contributed by atoms with Crippen molar-refractivity contribution < 1.29 is 18.8 Å². The van der Waals surface area contributed by atoms with E-state index in [-0.39, 0.29) is 5.58 Å². The van der Waals surface area contributed by atoms with E-state index in [0.717, 1.165) is 13.1 Å². The minimum Gasteiger partial charge on any atom is -0.422 e. The van der Waals surface area contributed by atoms with Crippen molar-refractivity contribution in [3.8, 4) is 11.8 Å². The Hall–Kier alpha value is -1.90. The van der Waals surface area contributed by atoms with Gasteiger partial charge in [-0.2, -0.15) is 0 Å². The summed E-state index contributed by atoms with van der Waals surface area (Å²) >= 11 is 0. The van der Waals surface area contributed by atoms with Crippen molar-refractivity contribution >= 4 is 23.9 Å². The van der Waals surface area contributed by atoms with E-state index >= 15 is 0 Å². The molecule has 1 aromatic carbocycles. The topological polar surface area (TPSA) is 91.0 Å². The lowest BCUT2D eigenvalue weighted by Crippen LogP contribution is -2.29. The van der Waals surface area contributed by atoms with Gasteiger partial charge in [0.25, 0.3) is 0 Å². The Morgan fingerprint density at radius 2 is 1.92 bits per heavy atom. The average molecular weight is 347 g/mol. The van der Waals surface area contributed by atoms with Gasteiger partial charge in [0.1, 0.15) is 10.9 Å². The predicted octanol–water partition coefficient (Wildman–Crippen LogP) is 1.43. The van der Waals surface area contributed by atoms with E-state index in [9.17, 15) is 9.36 Å². The third kappa shape index (κ3) is 3.95. The van der Waals surface area contributed by atoms with Crippen LogP contribution in [0.1, 0.15) is 24.8 Å². The van der Waals surface area contributed by atoms with Crippen molar-refractivity contribution in [3.05, 3.63) is 40.2 Å². The van der Waals surface area contributed by atoms with E-state index in [1.54, 1.807) is 18.2 Å². The van der Waals surface area contributed by atoms with E-state index in [2.05, 4.69) is 16.7 Å². The Bertz CT molecular complexity index is 912. The molecule has 6 nitrogen and oxygen atoms in total. The Balaban J connectivity index is 1.84. The van der Waals surface area contributed by atoms with Gasteiger partial charge < -0.3 is 14.2 Å². The molecule has 0 unspecified atom stereocenters. The molecule has 0 saturated carbocycles. The van der Waals surface area contributed by atoms with Crippen LogP contribution in [0.3, 0.4) is 0 Å². The number of nitrogens with zero attached hydrogens (tertiary/aromatic N) is 1. The van der Waals surface area contributed by atoms with Crippen molar-refractivity contribution in [1.29, 1.82) is 0 Å². The zero-order chi connectivity index (χ0) is 17.2. The van der Waals surface area contributed by atoms with Crippen LogP contribution in [-0.4, -0.2) is 34.3 Å². The van der Waals surface area contributed by atoms with Gasteiger partial charge in [0, 0.05) is 10.9 Å². The second kappa shape index (κ2) is 6.92. The standard InChI is InChI=1S/C17H18NO5P/c19-17-16(24(20,21)22)12-14-7-6-13(11-15(14)23-17)5-4-10-18-8-2-1-3-9-18/h6-7,11-12H,1-3,8-10H2,(H2,20,21,22). The second-order valence-electron chi connectivity index (χ2n) is 5.85. The van der Waals surface area contributed by atoms with Crippen molar-refractivity contribution in [2.24, 2.45) is 0 Å². The summed E-state index contributed by atoms with van der Waals surface area (Å²) in [5.41, 5.74) is -0.0529. The number of benzene rings is 1. The van der Waals surface area contributed by atoms with Gasteiger partial charge in [-0.05, 0) is 50.2 Å². The smallest absolute Gasteiger partial charge is 0.363 e. The van der Waals surface area contributed by atoms with Gasteiger partial charge in [-0.25, -0.2) is 4.79 Å². The fourth-order valence-electron chi connectivity index (χ4n) is 2.75. The Kier molecular flexibility index (Phi) is 4.88. The first kappa shape index (κ1) is 16.9. The van der Waals surface area contributed by atoms with E-state index in [1.165, 1.54) is 25.3 Å². The summed E-state index contributed by atoms with van der Waals surface area (Å²) in [6, 6.07) is 6.17. The maximum atomic E-state index is 11.7. The molecular formula is C17H18NO5P. The van der Waals surface area contributed by atoms with Gasteiger partial charge in [0.05, 0.1) is 6.54 Å². The van der Waals surface area contributed by atoms with E-state index in [4.69, 9.17) is 14.2 Å². The third-order valence-corrected chi connectivity index (χ3v) is 4.95. The second-order valence-corrected chi connectivity index (χ2v) is 7.42. The lowest BCUT2D eigenvalue weighted by atomic mass is 10.1. The summed E-state index contributed by atoms with van der Waals surface area (Å²) in [4.78, 5) is 32.3. The van der Waals surface area contributed by atoms with Gasteiger partial charge in [-0.1, -0.05) is 18.3 Å². The highest BCUT2D eigenvalue weighted by Crippen LogP contribution is 2.32. The molecule has 0 amide bonds. The van der Waals surface area contributed by atoms with Crippen molar-refractivity contribution in [3.63, 3.8) is 0 Å². The fourth-order valence-corrected chi connectivity index (χ4v) is 3.34. The third-order valence-electron chi connectivity index (χ3n) is 4.02. The van der Waals surface area contributed by atoms with Gasteiger partial charge in [0.2, 0.25) is 0 Å². The Morgan fingerprint density at radius 3 is 2.62 bits per heavy atom. The molecule has 0 atom stereocenters. The number of piperidine rings is 1. The first-order chi connectivity index (χ1) is 11.4. The molecule has 7 heteroatoms. The molecule has 0 radical (unpaired) electrons. The maximum absolute atomic E-state index is 11.7. The van der Waals surface area contributed by atoms with Gasteiger partial charge in [0.15, 0.2) is 0 Å². The largest absolute Gasteiger partial charge is 0.422 e. The van der Waals surface area contributed by atoms with Crippen LogP contribution in [0.5, 0.6) is 0 Å². The first-order valence-corrected chi connectivity index (χ1v) is 9.40. The van der Waals surface area contributed by atoms with Gasteiger partial charge >= 0.3 is 13.2 Å². The molecule has 0 aliphatic carbocycles. The van der Waals surface area contributed by atoms with Crippen molar-refractivity contribution in [2.45, 2.75) is 19.3 Å².